The number of aromatic amines is 2. The molecular formula is C18H12N10O14. The number of imidazole rings is 2. The van der Waals surface area contributed by atoms with E-state index < -0.39 is 75.2 Å². The van der Waals surface area contributed by atoms with Gasteiger partial charge in [-0.3, -0.25) is 60.7 Å². The Labute approximate surface area is 227 Å². The SMILES string of the molecule is O=[N+]([O-])c1cc([N+](=O)[O-])c(O)c([N+](=O)[O-])c1.O=[N+]([O-])c1cc([N+](=O)[O-])c(O)c([N+](=O)[O-])c1.c1c[nH]c(-c2ncc[nH]2)n1. The van der Waals surface area contributed by atoms with Gasteiger partial charge in [0.1, 0.15) is 0 Å². The van der Waals surface area contributed by atoms with Crippen LogP contribution in [0.1, 0.15) is 0 Å². The molecule has 0 spiro atoms. The average molecular weight is 592 g/mol. The molecule has 0 unspecified atom stereocenters. The maximum atomic E-state index is 10.4. The molecule has 2 heterocycles. The van der Waals surface area contributed by atoms with Crippen LogP contribution in [0.2, 0.25) is 0 Å². The number of phenols is 2. The number of rotatable bonds is 7. The first-order valence-corrected chi connectivity index (χ1v) is 10.2. The number of phenolic OH excluding ortho intramolecular Hbond substituents is 2. The van der Waals surface area contributed by atoms with E-state index in [-0.39, 0.29) is 0 Å². The molecule has 218 valence electrons. The van der Waals surface area contributed by atoms with E-state index in [0.29, 0.717) is 24.3 Å². The lowest BCUT2D eigenvalue weighted by molar-refractivity contribution is -0.404. The van der Waals surface area contributed by atoms with Gasteiger partial charge in [-0.05, 0) is 0 Å². The fraction of sp³-hybridized carbons (Fsp3) is 0. The van der Waals surface area contributed by atoms with Crippen molar-refractivity contribution in [1.29, 1.82) is 0 Å². The second-order valence-corrected chi connectivity index (χ2v) is 7.08. The monoisotopic (exact) mass is 592 g/mol. The molecule has 42 heavy (non-hydrogen) atoms. The second kappa shape index (κ2) is 13.1. The van der Waals surface area contributed by atoms with Crippen LogP contribution in [0.15, 0.2) is 49.1 Å². The number of non-ortho nitro benzene ring substituents is 2. The van der Waals surface area contributed by atoms with Gasteiger partial charge in [-0.15, -0.1) is 0 Å². The molecule has 0 amide bonds. The molecule has 0 saturated heterocycles. The molecule has 0 aliphatic heterocycles. The Hall–Kier alpha value is -7.14. The highest BCUT2D eigenvalue weighted by atomic mass is 16.7. The van der Waals surface area contributed by atoms with Gasteiger partial charge in [-0.2, -0.15) is 0 Å². The van der Waals surface area contributed by atoms with Crippen molar-refractivity contribution >= 4 is 34.1 Å². The summed E-state index contributed by atoms with van der Waals surface area (Å²) < 4.78 is 0. The molecule has 2 aromatic heterocycles. The number of aromatic hydroxyl groups is 2. The largest absolute Gasteiger partial charge is 0.497 e. The van der Waals surface area contributed by atoms with Crippen molar-refractivity contribution in [2.45, 2.75) is 0 Å². The molecule has 0 aliphatic carbocycles. The van der Waals surface area contributed by atoms with E-state index in [2.05, 4.69) is 19.9 Å². The molecule has 4 rings (SSSR count). The minimum atomic E-state index is -1.21. The molecule has 0 saturated carbocycles. The summed E-state index contributed by atoms with van der Waals surface area (Å²) in [6.07, 6.45) is 6.91. The molecule has 0 aliphatic rings. The lowest BCUT2D eigenvalue weighted by Crippen LogP contribution is -1.97. The Morgan fingerprint density at radius 1 is 0.500 bits per heavy atom. The number of hydrogen-bond donors (Lipinski definition) is 4. The fourth-order valence-corrected chi connectivity index (χ4v) is 2.74. The maximum Gasteiger partial charge on any atom is 0.324 e. The zero-order valence-electron chi connectivity index (χ0n) is 20.0. The van der Waals surface area contributed by atoms with Crippen LogP contribution in [0.5, 0.6) is 11.5 Å². The van der Waals surface area contributed by atoms with Crippen LogP contribution in [0.3, 0.4) is 0 Å². The first-order valence-electron chi connectivity index (χ1n) is 10.2. The average Bonchev–Trinajstić information content (AvgIpc) is 3.63. The van der Waals surface area contributed by atoms with E-state index in [1.54, 1.807) is 24.8 Å². The third-order valence-corrected chi connectivity index (χ3v) is 4.54. The highest BCUT2D eigenvalue weighted by Crippen LogP contribution is 2.40. The predicted molar refractivity (Wildman–Crippen MR) is 132 cm³/mol. The number of nitrogens with zero attached hydrogens (tertiary/aromatic N) is 8. The number of benzene rings is 2. The molecular weight excluding hydrogens is 580 g/mol. The van der Waals surface area contributed by atoms with Crippen LogP contribution in [-0.4, -0.2) is 59.7 Å². The summed E-state index contributed by atoms with van der Waals surface area (Å²) in [5, 5.41) is 80.4. The van der Waals surface area contributed by atoms with E-state index in [1.165, 1.54) is 0 Å². The lowest BCUT2D eigenvalue weighted by Gasteiger charge is -1.97. The standard InChI is InChI=1S/C6H6N4.2C6H3N3O7/c1-2-8-5(7-1)6-9-3-4-10-6;2*10-6-4(8(13)14)1-3(7(11)12)2-5(6)9(15)16/h1-4H,(H,7,8)(H,9,10);2*1-2,10H. The fourth-order valence-electron chi connectivity index (χ4n) is 2.74. The van der Waals surface area contributed by atoms with Crippen molar-refractivity contribution in [3.05, 3.63) is 110 Å². The number of nitrogens with one attached hydrogen (secondary N) is 2. The molecule has 4 aromatic rings. The van der Waals surface area contributed by atoms with Crippen LogP contribution in [-0.2, 0) is 0 Å². The third-order valence-electron chi connectivity index (χ3n) is 4.54. The quantitative estimate of drug-likeness (QED) is 0.177. The van der Waals surface area contributed by atoms with Crippen molar-refractivity contribution in [3.8, 4) is 23.1 Å². The molecule has 0 radical (unpaired) electrons. The first kappa shape index (κ1) is 31.1. The van der Waals surface area contributed by atoms with Crippen molar-refractivity contribution in [2.24, 2.45) is 0 Å². The molecule has 4 N–H and O–H groups in total. The third kappa shape index (κ3) is 7.46. The van der Waals surface area contributed by atoms with E-state index in [4.69, 9.17) is 10.2 Å². The van der Waals surface area contributed by atoms with E-state index in [9.17, 15) is 60.7 Å². The van der Waals surface area contributed by atoms with Gasteiger partial charge in [0.2, 0.25) is 0 Å². The van der Waals surface area contributed by atoms with Crippen LogP contribution < -0.4 is 0 Å². The lowest BCUT2D eigenvalue weighted by atomic mass is 10.2. The molecule has 24 heteroatoms. The normalized spacial score (nSPS) is 9.81. The Morgan fingerprint density at radius 2 is 0.762 bits per heavy atom. The molecule has 24 nitrogen and oxygen atoms in total. The predicted octanol–water partition coefficient (Wildman–Crippen LogP) is 3.03. The summed E-state index contributed by atoms with van der Waals surface area (Å²) in [4.78, 5) is 69.4. The molecule has 2 aromatic carbocycles. The van der Waals surface area contributed by atoms with Gasteiger partial charge in [-0.1, -0.05) is 0 Å². The van der Waals surface area contributed by atoms with Gasteiger partial charge in [-0.25, -0.2) is 9.97 Å². The second-order valence-electron chi connectivity index (χ2n) is 7.08. The van der Waals surface area contributed by atoms with Gasteiger partial charge in [0.25, 0.3) is 22.9 Å². The van der Waals surface area contributed by atoms with Crippen molar-refractivity contribution in [1.82, 2.24) is 19.9 Å². The van der Waals surface area contributed by atoms with Gasteiger partial charge in [0.05, 0.1) is 53.8 Å². The van der Waals surface area contributed by atoms with Crippen molar-refractivity contribution in [3.63, 3.8) is 0 Å². The maximum absolute atomic E-state index is 10.4. The van der Waals surface area contributed by atoms with E-state index in [1.807, 2.05) is 0 Å². The highest BCUT2D eigenvalue weighted by Gasteiger charge is 2.31. The van der Waals surface area contributed by atoms with Crippen LogP contribution in [0, 0.1) is 60.7 Å². The Morgan fingerprint density at radius 3 is 0.929 bits per heavy atom. The number of H-pyrrole nitrogens is 2. The number of hydrogen-bond acceptors (Lipinski definition) is 16. The smallest absolute Gasteiger partial charge is 0.324 e. The van der Waals surface area contributed by atoms with Crippen LogP contribution in [0.4, 0.5) is 34.1 Å². The van der Waals surface area contributed by atoms with Crippen LogP contribution >= 0.6 is 0 Å². The number of nitro groups is 6. The topological polar surface area (TPSA) is 357 Å². The Bertz CT molecular complexity index is 1480. The summed E-state index contributed by atoms with van der Waals surface area (Å²) in [7, 11) is 0. The summed E-state index contributed by atoms with van der Waals surface area (Å²) in [6.45, 7) is 0. The Kier molecular flexibility index (Phi) is 9.68. The van der Waals surface area contributed by atoms with Crippen molar-refractivity contribution < 1.29 is 39.8 Å². The minimum absolute atomic E-state index is 0.447. The van der Waals surface area contributed by atoms with Gasteiger partial charge in [0, 0.05) is 24.8 Å². The van der Waals surface area contributed by atoms with Gasteiger partial charge in [0.15, 0.2) is 11.6 Å². The zero-order valence-corrected chi connectivity index (χ0v) is 20.0. The molecule has 0 bridgehead atoms. The minimum Gasteiger partial charge on any atom is -0.497 e. The van der Waals surface area contributed by atoms with E-state index >= 15 is 0 Å². The molecule has 0 atom stereocenters. The van der Waals surface area contributed by atoms with Gasteiger partial charge >= 0.3 is 22.7 Å². The number of nitro benzene ring substituents is 6. The summed E-state index contributed by atoms with van der Waals surface area (Å²) in [5.41, 5.74) is -6.00. The summed E-state index contributed by atoms with van der Waals surface area (Å²) in [5.74, 6) is -0.879. The highest BCUT2D eigenvalue weighted by molar-refractivity contribution is 5.65. The Balaban J connectivity index is 0.000000226. The first-order chi connectivity index (χ1) is 19.6. The van der Waals surface area contributed by atoms with E-state index in [0.717, 1.165) is 11.6 Å². The van der Waals surface area contributed by atoms with Crippen molar-refractivity contribution in [2.75, 3.05) is 0 Å². The zero-order chi connectivity index (χ0) is 31.7. The molecule has 0 fully saturated rings. The van der Waals surface area contributed by atoms with Gasteiger partial charge < -0.3 is 20.2 Å². The summed E-state index contributed by atoms with van der Waals surface area (Å²) >= 11 is 0. The number of aromatic nitrogens is 4. The van der Waals surface area contributed by atoms with Crippen LogP contribution in [0.25, 0.3) is 11.6 Å². The summed E-state index contributed by atoms with van der Waals surface area (Å²) in [6, 6.07) is 1.79.